The molecule has 0 radical (unpaired) electrons. The third-order valence-electron chi connectivity index (χ3n) is 5.02. The molecular weight excluding hydrogens is 390 g/mol. The molecule has 2 N–H and O–H groups in total. The van der Waals surface area contributed by atoms with Crippen molar-refractivity contribution >= 4 is 21.8 Å². The van der Waals surface area contributed by atoms with Crippen molar-refractivity contribution in [3.8, 4) is 0 Å². The Morgan fingerprint density at radius 2 is 1.72 bits per heavy atom. The molecule has 2 rings (SSSR count). The molecule has 8 heteroatoms. The van der Waals surface area contributed by atoms with Crippen LogP contribution in [0, 0.1) is 19.8 Å². The Morgan fingerprint density at radius 1 is 1.14 bits per heavy atom. The summed E-state index contributed by atoms with van der Waals surface area (Å²) in [4.78, 5) is 25.0. The summed E-state index contributed by atoms with van der Waals surface area (Å²) < 4.78 is 27.4. The van der Waals surface area contributed by atoms with Crippen molar-refractivity contribution in [2.24, 2.45) is 5.92 Å². The van der Waals surface area contributed by atoms with Crippen molar-refractivity contribution in [2.75, 3.05) is 13.1 Å². The van der Waals surface area contributed by atoms with Gasteiger partial charge in [-0.2, -0.15) is 4.31 Å². The van der Waals surface area contributed by atoms with Gasteiger partial charge in [-0.25, -0.2) is 8.42 Å². The first-order valence-corrected chi connectivity index (χ1v) is 11.4. The Labute approximate surface area is 174 Å². The zero-order valence-electron chi connectivity index (χ0n) is 18.2. The van der Waals surface area contributed by atoms with E-state index in [9.17, 15) is 18.0 Å². The summed E-state index contributed by atoms with van der Waals surface area (Å²) in [5.74, 6) is -0.740. The zero-order chi connectivity index (χ0) is 22.0. The fourth-order valence-corrected chi connectivity index (χ4v) is 5.14. The maximum Gasteiger partial charge on any atom is 0.243 e. The third kappa shape index (κ3) is 6.02. The highest BCUT2D eigenvalue weighted by atomic mass is 32.2. The predicted octanol–water partition coefficient (Wildman–Crippen LogP) is 2.12. The molecular formula is C21H33N3O4S. The van der Waals surface area contributed by atoms with Gasteiger partial charge in [-0.3, -0.25) is 9.59 Å². The minimum Gasteiger partial charge on any atom is -0.350 e. The molecule has 0 aliphatic carbocycles. The lowest BCUT2D eigenvalue weighted by Gasteiger charge is -2.31. The molecule has 162 valence electrons. The molecule has 1 heterocycles. The molecule has 7 nitrogen and oxygen atoms in total. The molecule has 1 fully saturated rings. The van der Waals surface area contributed by atoms with E-state index in [0.717, 1.165) is 11.1 Å². The standard InChI is InChI=1S/C21H33N3O4S/c1-14-7-8-18(15(2)13-14)29(27,28)24-11-9-17(10-12-24)20(26)22-16(3)19(25)23-21(4,5)6/h7-8,13,16-17H,9-12H2,1-6H3,(H,22,26)(H,23,25). The van der Waals surface area contributed by atoms with Crippen molar-refractivity contribution < 1.29 is 18.0 Å². The third-order valence-corrected chi connectivity index (χ3v) is 7.08. The number of carbonyl (C=O) groups is 2. The lowest BCUT2D eigenvalue weighted by Crippen LogP contribution is -2.52. The lowest BCUT2D eigenvalue weighted by molar-refractivity contribution is -0.132. The molecule has 1 aliphatic rings. The number of carbonyl (C=O) groups excluding carboxylic acids is 2. The summed E-state index contributed by atoms with van der Waals surface area (Å²) in [5, 5.41) is 5.59. The highest BCUT2D eigenvalue weighted by Gasteiger charge is 2.33. The van der Waals surface area contributed by atoms with Crippen LogP contribution >= 0.6 is 0 Å². The first kappa shape index (κ1) is 23.3. The van der Waals surface area contributed by atoms with E-state index in [1.54, 1.807) is 26.0 Å². The normalized spacial score (nSPS) is 17.6. The molecule has 0 saturated carbocycles. The van der Waals surface area contributed by atoms with E-state index in [0.29, 0.717) is 17.7 Å². The van der Waals surface area contributed by atoms with Gasteiger partial charge in [0.15, 0.2) is 0 Å². The van der Waals surface area contributed by atoms with Crippen LogP contribution in [0.15, 0.2) is 23.1 Å². The van der Waals surface area contributed by atoms with Gasteiger partial charge in [-0.05, 0) is 66.0 Å². The summed E-state index contributed by atoms with van der Waals surface area (Å²) in [7, 11) is -3.58. The van der Waals surface area contributed by atoms with E-state index in [-0.39, 0.29) is 36.4 Å². The molecule has 1 atom stereocenters. The van der Waals surface area contributed by atoms with Gasteiger partial charge in [-0.15, -0.1) is 0 Å². The fourth-order valence-electron chi connectivity index (χ4n) is 3.46. The Balaban J connectivity index is 1.96. The summed E-state index contributed by atoms with van der Waals surface area (Å²) in [6, 6.07) is 4.66. The molecule has 1 aromatic rings. The molecule has 2 amide bonds. The van der Waals surface area contributed by atoms with Crippen molar-refractivity contribution in [2.45, 2.75) is 70.9 Å². The van der Waals surface area contributed by atoms with Gasteiger partial charge in [0.25, 0.3) is 0 Å². The SMILES string of the molecule is Cc1ccc(S(=O)(=O)N2CCC(C(=O)NC(C)C(=O)NC(C)(C)C)CC2)c(C)c1. The molecule has 0 bridgehead atoms. The second kappa shape index (κ2) is 8.83. The van der Waals surface area contributed by atoms with E-state index in [2.05, 4.69) is 10.6 Å². The minimum atomic E-state index is -3.58. The number of aryl methyl sites for hydroxylation is 2. The number of nitrogens with one attached hydrogen (secondary N) is 2. The van der Waals surface area contributed by atoms with Crippen LogP contribution in [0.2, 0.25) is 0 Å². The van der Waals surface area contributed by atoms with Crippen LogP contribution < -0.4 is 10.6 Å². The number of nitrogens with zero attached hydrogens (tertiary/aromatic N) is 1. The summed E-state index contributed by atoms with van der Waals surface area (Å²) in [5.41, 5.74) is 1.37. The zero-order valence-corrected chi connectivity index (χ0v) is 19.0. The fraction of sp³-hybridized carbons (Fsp3) is 0.619. The van der Waals surface area contributed by atoms with Crippen LogP contribution in [0.5, 0.6) is 0 Å². The summed E-state index contributed by atoms with van der Waals surface area (Å²) in [6.45, 7) is 11.6. The van der Waals surface area contributed by atoms with E-state index in [1.807, 2.05) is 33.8 Å². The monoisotopic (exact) mass is 423 g/mol. The Hall–Kier alpha value is -1.93. The smallest absolute Gasteiger partial charge is 0.243 e. The molecule has 0 aromatic heterocycles. The van der Waals surface area contributed by atoms with Crippen molar-refractivity contribution in [1.29, 1.82) is 0 Å². The Bertz CT molecular complexity index is 866. The van der Waals surface area contributed by atoms with Crippen LogP contribution in [-0.2, 0) is 19.6 Å². The van der Waals surface area contributed by atoms with E-state index >= 15 is 0 Å². The lowest BCUT2D eigenvalue weighted by atomic mass is 9.97. The molecule has 0 spiro atoms. The van der Waals surface area contributed by atoms with Gasteiger partial charge in [0.2, 0.25) is 21.8 Å². The number of rotatable bonds is 5. The average molecular weight is 424 g/mol. The van der Waals surface area contributed by atoms with Gasteiger partial charge in [0, 0.05) is 24.5 Å². The van der Waals surface area contributed by atoms with E-state index < -0.39 is 16.1 Å². The summed E-state index contributed by atoms with van der Waals surface area (Å²) >= 11 is 0. The van der Waals surface area contributed by atoms with Gasteiger partial charge in [0.1, 0.15) is 6.04 Å². The van der Waals surface area contributed by atoms with Crippen LogP contribution in [0.3, 0.4) is 0 Å². The second-order valence-corrected chi connectivity index (χ2v) is 10.8. The number of amides is 2. The highest BCUT2D eigenvalue weighted by Crippen LogP contribution is 2.26. The predicted molar refractivity (Wildman–Crippen MR) is 113 cm³/mol. The second-order valence-electron chi connectivity index (χ2n) is 8.92. The average Bonchev–Trinajstić information content (AvgIpc) is 2.60. The molecule has 1 unspecified atom stereocenters. The minimum absolute atomic E-state index is 0.204. The number of piperidine rings is 1. The Morgan fingerprint density at radius 3 is 2.24 bits per heavy atom. The summed E-state index contributed by atoms with van der Waals surface area (Å²) in [6.07, 6.45) is 0.868. The van der Waals surface area contributed by atoms with E-state index in [4.69, 9.17) is 0 Å². The van der Waals surface area contributed by atoms with E-state index in [1.165, 1.54) is 4.31 Å². The molecule has 29 heavy (non-hydrogen) atoms. The maximum atomic E-state index is 13.0. The molecule has 1 saturated heterocycles. The topological polar surface area (TPSA) is 95.6 Å². The van der Waals surface area contributed by atoms with Crippen molar-refractivity contribution in [3.05, 3.63) is 29.3 Å². The number of hydrogen-bond acceptors (Lipinski definition) is 4. The van der Waals surface area contributed by atoms with Crippen LogP contribution in [0.25, 0.3) is 0 Å². The first-order chi connectivity index (χ1) is 13.3. The molecule has 1 aromatic carbocycles. The Kier molecular flexibility index (Phi) is 7.11. The van der Waals surface area contributed by atoms with Crippen molar-refractivity contribution in [3.63, 3.8) is 0 Å². The van der Waals surface area contributed by atoms with Gasteiger partial charge >= 0.3 is 0 Å². The number of hydrogen-bond donors (Lipinski definition) is 2. The van der Waals surface area contributed by atoms with Crippen molar-refractivity contribution in [1.82, 2.24) is 14.9 Å². The van der Waals surface area contributed by atoms with Gasteiger partial charge in [-0.1, -0.05) is 17.7 Å². The number of benzene rings is 1. The molecule has 1 aliphatic heterocycles. The largest absolute Gasteiger partial charge is 0.350 e. The van der Waals surface area contributed by atoms with Crippen LogP contribution in [0.4, 0.5) is 0 Å². The first-order valence-electron chi connectivity index (χ1n) is 10.0. The highest BCUT2D eigenvalue weighted by molar-refractivity contribution is 7.89. The maximum absolute atomic E-state index is 13.0. The van der Waals surface area contributed by atoms with Crippen LogP contribution in [0.1, 0.15) is 51.7 Å². The number of sulfonamides is 1. The van der Waals surface area contributed by atoms with Gasteiger partial charge in [0.05, 0.1) is 4.90 Å². The van der Waals surface area contributed by atoms with Crippen LogP contribution in [-0.4, -0.2) is 49.2 Å². The quantitative estimate of drug-likeness (QED) is 0.758. The van der Waals surface area contributed by atoms with Gasteiger partial charge < -0.3 is 10.6 Å².